The van der Waals surface area contributed by atoms with Gasteiger partial charge in [0, 0.05) is 5.69 Å². The molecule has 1 aromatic heterocycles. The summed E-state index contributed by atoms with van der Waals surface area (Å²) in [6.07, 6.45) is 0. The minimum atomic E-state index is 1.14. The Morgan fingerprint density at radius 3 is 1.15 bits per heavy atom. The largest absolute Gasteiger partial charge is 0.309 e. The average molecular weight is 662 g/mol. The summed E-state index contributed by atoms with van der Waals surface area (Å²) < 4.78 is 2.43. The molecule has 0 aliphatic heterocycles. The van der Waals surface area contributed by atoms with Gasteiger partial charge in [-0.15, -0.1) is 0 Å². The third kappa shape index (κ3) is 5.01. The van der Waals surface area contributed by atoms with E-state index in [1.54, 1.807) is 0 Å². The number of aryl methyl sites for hydroxylation is 1. The van der Waals surface area contributed by atoms with Gasteiger partial charge in [0.1, 0.15) is 0 Å². The van der Waals surface area contributed by atoms with Crippen molar-refractivity contribution in [3.63, 3.8) is 0 Å². The fourth-order valence-electron chi connectivity index (χ4n) is 8.18. The highest BCUT2D eigenvalue weighted by Gasteiger charge is 2.19. The van der Waals surface area contributed by atoms with Crippen LogP contribution < -0.4 is 0 Å². The number of rotatable bonds is 5. The van der Waals surface area contributed by atoms with Gasteiger partial charge in [-0.3, -0.25) is 0 Å². The van der Waals surface area contributed by atoms with Crippen molar-refractivity contribution in [3.05, 3.63) is 200 Å². The molecule has 0 atom stereocenters. The number of hydrogen-bond acceptors (Lipinski definition) is 0. The molecule has 1 heteroatoms. The van der Waals surface area contributed by atoms with Crippen LogP contribution in [0.5, 0.6) is 0 Å². The lowest BCUT2D eigenvalue weighted by Crippen LogP contribution is -2.00. The second kappa shape index (κ2) is 12.3. The van der Waals surface area contributed by atoms with E-state index in [4.69, 9.17) is 0 Å². The molecule has 0 saturated carbocycles. The van der Waals surface area contributed by atoms with Crippen LogP contribution in [0.3, 0.4) is 0 Å². The Bertz CT molecular complexity index is 2700. The fourth-order valence-corrected chi connectivity index (χ4v) is 8.18. The Kier molecular flexibility index (Phi) is 7.11. The van der Waals surface area contributed by atoms with Crippen LogP contribution in [0.4, 0.5) is 0 Å². The number of para-hydroxylation sites is 1. The van der Waals surface area contributed by atoms with Crippen molar-refractivity contribution in [3.8, 4) is 50.5 Å². The summed E-state index contributed by atoms with van der Waals surface area (Å²) in [5, 5.41) is 10.00. The van der Waals surface area contributed by atoms with Crippen molar-refractivity contribution in [2.75, 3.05) is 0 Å². The predicted octanol–water partition coefficient (Wildman–Crippen LogP) is 14.1. The molecular weight excluding hydrogens is 627 g/mol. The van der Waals surface area contributed by atoms with E-state index < -0.39 is 0 Å². The van der Waals surface area contributed by atoms with E-state index in [2.05, 4.69) is 206 Å². The number of benzene rings is 9. The second-order valence-corrected chi connectivity index (χ2v) is 13.8. The number of nitrogens with zero attached hydrogens (tertiary/aromatic N) is 1. The molecule has 10 aromatic rings. The molecule has 0 fully saturated rings. The lowest BCUT2D eigenvalue weighted by molar-refractivity contribution is 1.09. The molecule has 9 aromatic carbocycles. The van der Waals surface area contributed by atoms with Crippen LogP contribution in [0.15, 0.2) is 194 Å². The minimum Gasteiger partial charge on any atom is -0.309 e. The van der Waals surface area contributed by atoms with Crippen LogP contribution in [-0.4, -0.2) is 4.57 Å². The van der Waals surface area contributed by atoms with Gasteiger partial charge in [-0.25, -0.2) is 0 Å². The van der Waals surface area contributed by atoms with Crippen molar-refractivity contribution in [1.82, 2.24) is 4.57 Å². The van der Waals surface area contributed by atoms with Crippen LogP contribution in [0, 0.1) is 6.92 Å². The fraction of sp³-hybridized carbons (Fsp3) is 0.0196. The molecule has 0 aliphatic rings. The molecule has 52 heavy (non-hydrogen) atoms. The maximum atomic E-state index is 2.43. The lowest BCUT2D eigenvalue weighted by Gasteiger charge is -2.19. The zero-order valence-corrected chi connectivity index (χ0v) is 28.9. The SMILES string of the molecule is Cc1ccc(-c2ccc(-c3cc(-c4c5ccccc5cc5ccccc45)cc(-c4c5ccccc5cc5ccccc45)c3)n2-c2ccccc2)cc1. The Hall–Kier alpha value is -6.70. The first kappa shape index (κ1) is 30.2. The summed E-state index contributed by atoms with van der Waals surface area (Å²) in [5.74, 6) is 0. The van der Waals surface area contributed by atoms with E-state index >= 15 is 0 Å². The Morgan fingerprint density at radius 2 is 0.692 bits per heavy atom. The van der Waals surface area contributed by atoms with Gasteiger partial charge in [0.15, 0.2) is 0 Å². The Morgan fingerprint density at radius 1 is 0.308 bits per heavy atom. The highest BCUT2D eigenvalue weighted by Crippen LogP contribution is 2.44. The third-order valence-electron chi connectivity index (χ3n) is 10.6. The topological polar surface area (TPSA) is 4.93 Å². The number of hydrogen-bond donors (Lipinski definition) is 0. The van der Waals surface area contributed by atoms with E-state index in [1.807, 2.05) is 0 Å². The van der Waals surface area contributed by atoms with Crippen molar-refractivity contribution < 1.29 is 0 Å². The van der Waals surface area contributed by atoms with Gasteiger partial charge >= 0.3 is 0 Å². The number of fused-ring (bicyclic) bond motifs is 4. The summed E-state index contributed by atoms with van der Waals surface area (Å²) in [5.41, 5.74) is 12.0. The van der Waals surface area contributed by atoms with Crippen LogP contribution in [0.25, 0.3) is 93.5 Å². The van der Waals surface area contributed by atoms with Gasteiger partial charge in [0.2, 0.25) is 0 Å². The zero-order chi connectivity index (χ0) is 34.6. The van der Waals surface area contributed by atoms with Crippen molar-refractivity contribution in [1.29, 1.82) is 0 Å². The molecule has 244 valence electrons. The van der Waals surface area contributed by atoms with Gasteiger partial charge in [0.25, 0.3) is 0 Å². The summed E-state index contributed by atoms with van der Waals surface area (Å²) in [6, 6.07) is 71.4. The molecule has 0 N–H and O–H groups in total. The van der Waals surface area contributed by atoms with Crippen LogP contribution in [0.1, 0.15) is 5.56 Å². The van der Waals surface area contributed by atoms with E-state index in [1.165, 1.54) is 87.7 Å². The van der Waals surface area contributed by atoms with Crippen LogP contribution in [0.2, 0.25) is 0 Å². The van der Waals surface area contributed by atoms with Gasteiger partial charge in [0.05, 0.1) is 11.4 Å². The van der Waals surface area contributed by atoms with Crippen LogP contribution >= 0.6 is 0 Å². The molecule has 0 spiro atoms. The molecule has 0 bridgehead atoms. The second-order valence-electron chi connectivity index (χ2n) is 13.8. The highest BCUT2D eigenvalue weighted by atomic mass is 15.0. The van der Waals surface area contributed by atoms with Gasteiger partial charge in [-0.2, -0.15) is 0 Å². The molecule has 0 amide bonds. The van der Waals surface area contributed by atoms with Crippen molar-refractivity contribution >= 4 is 43.1 Å². The van der Waals surface area contributed by atoms with Gasteiger partial charge in [-0.1, -0.05) is 145 Å². The molecule has 1 nitrogen and oxygen atoms in total. The summed E-state index contributed by atoms with van der Waals surface area (Å²) in [7, 11) is 0. The van der Waals surface area contributed by atoms with E-state index in [0.717, 1.165) is 11.4 Å². The average Bonchev–Trinajstić information content (AvgIpc) is 3.65. The molecular formula is C51H35N. The first-order valence-corrected chi connectivity index (χ1v) is 18.0. The smallest absolute Gasteiger partial charge is 0.0535 e. The minimum absolute atomic E-state index is 1.14. The maximum Gasteiger partial charge on any atom is 0.0535 e. The summed E-state index contributed by atoms with van der Waals surface area (Å²) in [6.45, 7) is 2.15. The zero-order valence-electron chi connectivity index (χ0n) is 28.9. The molecule has 0 radical (unpaired) electrons. The molecule has 0 unspecified atom stereocenters. The third-order valence-corrected chi connectivity index (χ3v) is 10.6. The van der Waals surface area contributed by atoms with E-state index in [-0.39, 0.29) is 0 Å². The Labute approximate surface area is 303 Å². The van der Waals surface area contributed by atoms with E-state index in [0.29, 0.717) is 0 Å². The lowest BCUT2D eigenvalue weighted by atomic mass is 9.86. The number of aromatic nitrogens is 1. The summed E-state index contributed by atoms with van der Waals surface area (Å²) >= 11 is 0. The van der Waals surface area contributed by atoms with Gasteiger partial charge in [-0.05, 0) is 138 Å². The standard InChI is InChI=1S/C51H35N/c1-34-23-25-35(26-24-34)48-27-28-49(52(48)43-17-3-2-4-18-43)40-31-41(50-44-19-9-5-13-36(44)29-37-14-6-10-20-45(37)50)33-42(32-40)51-46-21-11-7-15-38(46)30-39-16-8-12-22-47(39)51/h2-33H,1H3. The summed E-state index contributed by atoms with van der Waals surface area (Å²) in [4.78, 5) is 0. The van der Waals surface area contributed by atoms with E-state index in [9.17, 15) is 0 Å². The monoisotopic (exact) mass is 661 g/mol. The highest BCUT2D eigenvalue weighted by molar-refractivity contribution is 6.16. The Balaban J connectivity index is 1.34. The molecule has 1 heterocycles. The first-order valence-electron chi connectivity index (χ1n) is 18.0. The maximum absolute atomic E-state index is 2.43. The van der Waals surface area contributed by atoms with Crippen molar-refractivity contribution in [2.24, 2.45) is 0 Å². The molecule has 0 aliphatic carbocycles. The van der Waals surface area contributed by atoms with Crippen LogP contribution in [-0.2, 0) is 0 Å². The van der Waals surface area contributed by atoms with Crippen molar-refractivity contribution in [2.45, 2.75) is 6.92 Å². The first-order chi connectivity index (χ1) is 25.7. The molecule has 0 saturated heterocycles. The normalized spacial score (nSPS) is 11.6. The predicted molar refractivity (Wildman–Crippen MR) is 222 cm³/mol. The van der Waals surface area contributed by atoms with Gasteiger partial charge < -0.3 is 4.57 Å². The molecule has 10 rings (SSSR count). The quantitative estimate of drug-likeness (QED) is 0.162.